The van der Waals surface area contributed by atoms with Gasteiger partial charge in [-0.1, -0.05) is 6.42 Å². The van der Waals surface area contributed by atoms with Gasteiger partial charge in [0.25, 0.3) is 10.2 Å². The first-order chi connectivity index (χ1) is 9.41. The van der Waals surface area contributed by atoms with Crippen molar-refractivity contribution in [2.75, 3.05) is 33.7 Å². The summed E-state index contributed by atoms with van der Waals surface area (Å²) in [6, 6.07) is 0. The van der Waals surface area contributed by atoms with Crippen molar-refractivity contribution in [2.45, 2.75) is 32.1 Å². The molecule has 2 rings (SSSR count). The average Bonchev–Trinajstić information content (AvgIpc) is 2.34. The van der Waals surface area contributed by atoms with Crippen molar-refractivity contribution >= 4 is 16.1 Å². The summed E-state index contributed by atoms with van der Waals surface area (Å²) in [5.74, 6) is 0.802. The molecule has 0 aromatic rings. The Morgan fingerprint density at radius 2 is 1.80 bits per heavy atom. The second-order valence-electron chi connectivity index (χ2n) is 6.01. The predicted octanol–water partition coefficient (Wildman–Crippen LogP) is 0.421. The van der Waals surface area contributed by atoms with Gasteiger partial charge in [0.05, 0.1) is 0 Å². The van der Waals surface area contributed by atoms with Gasteiger partial charge in [0.15, 0.2) is 0 Å². The largest absolute Gasteiger partial charge is 0.356 e. The maximum absolute atomic E-state index is 12.0. The summed E-state index contributed by atoms with van der Waals surface area (Å²) in [6.45, 7) is 1.78. The highest BCUT2D eigenvalue weighted by molar-refractivity contribution is 7.86. The van der Waals surface area contributed by atoms with Gasteiger partial charge < -0.3 is 5.32 Å². The minimum Gasteiger partial charge on any atom is -0.356 e. The highest BCUT2D eigenvalue weighted by atomic mass is 32.2. The topological polar surface area (TPSA) is 69.7 Å². The summed E-state index contributed by atoms with van der Waals surface area (Å²) in [6.07, 6.45) is 4.84. The third kappa shape index (κ3) is 3.51. The summed E-state index contributed by atoms with van der Waals surface area (Å²) >= 11 is 0. The number of carbonyl (C=O) groups excluding carboxylic acids is 1. The Bertz CT molecular complexity index is 438. The minimum absolute atomic E-state index is 0.180. The fourth-order valence-electron chi connectivity index (χ4n) is 2.63. The summed E-state index contributed by atoms with van der Waals surface area (Å²) in [7, 11) is -0.172. The molecule has 0 radical (unpaired) electrons. The Balaban J connectivity index is 1.73. The second-order valence-corrected chi connectivity index (χ2v) is 8.15. The molecule has 6 nitrogen and oxygen atoms in total. The van der Waals surface area contributed by atoms with Crippen LogP contribution in [-0.2, 0) is 15.0 Å². The van der Waals surface area contributed by atoms with Crippen LogP contribution in [0, 0.1) is 11.8 Å². The van der Waals surface area contributed by atoms with Gasteiger partial charge in [0, 0.05) is 39.6 Å². The van der Waals surface area contributed by atoms with Gasteiger partial charge in [-0.15, -0.1) is 0 Å². The molecule has 0 unspecified atom stereocenters. The summed E-state index contributed by atoms with van der Waals surface area (Å²) < 4.78 is 26.7. The molecule has 0 atom stereocenters. The lowest BCUT2D eigenvalue weighted by Gasteiger charge is -2.33. The van der Waals surface area contributed by atoms with E-state index in [0.717, 1.165) is 25.7 Å². The molecular formula is C13H25N3O3S. The Hall–Kier alpha value is -0.660. The molecule has 1 saturated carbocycles. The van der Waals surface area contributed by atoms with Gasteiger partial charge in [-0.3, -0.25) is 4.79 Å². The summed E-state index contributed by atoms with van der Waals surface area (Å²) in [5.41, 5.74) is 0. The van der Waals surface area contributed by atoms with Crippen molar-refractivity contribution in [3.05, 3.63) is 0 Å². The number of rotatable bonds is 5. The SMILES string of the molecule is CN(C)S(=O)(=O)N1CCC(CNC(=O)C2CCC2)CC1. The number of hydrogen-bond donors (Lipinski definition) is 1. The average molecular weight is 303 g/mol. The highest BCUT2D eigenvalue weighted by Crippen LogP contribution is 2.26. The van der Waals surface area contributed by atoms with E-state index in [1.165, 1.54) is 15.0 Å². The third-order valence-electron chi connectivity index (χ3n) is 4.40. The third-order valence-corrected chi connectivity index (χ3v) is 6.34. The van der Waals surface area contributed by atoms with Gasteiger partial charge in [-0.05, 0) is 31.6 Å². The zero-order valence-electron chi connectivity index (χ0n) is 12.3. The van der Waals surface area contributed by atoms with E-state index in [1.54, 1.807) is 14.1 Å². The normalized spacial score (nSPS) is 22.8. The Kier molecular flexibility index (Phi) is 5.04. The van der Waals surface area contributed by atoms with Crippen molar-refractivity contribution in [1.29, 1.82) is 0 Å². The molecule has 0 aromatic carbocycles. The van der Waals surface area contributed by atoms with Crippen molar-refractivity contribution in [3.8, 4) is 0 Å². The van der Waals surface area contributed by atoms with E-state index in [0.29, 0.717) is 25.6 Å². The second kappa shape index (κ2) is 6.41. The molecule has 1 amide bonds. The van der Waals surface area contributed by atoms with Crippen LogP contribution in [-0.4, -0.2) is 56.7 Å². The van der Waals surface area contributed by atoms with E-state index >= 15 is 0 Å². The Labute approximate surface area is 121 Å². The van der Waals surface area contributed by atoms with E-state index in [2.05, 4.69) is 5.32 Å². The Morgan fingerprint density at radius 1 is 1.20 bits per heavy atom. The van der Waals surface area contributed by atoms with Crippen molar-refractivity contribution in [3.63, 3.8) is 0 Å². The zero-order chi connectivity index (χ0) is 14.8. The molecule has 20 heavy (non-hydrogen) atoms. The molecule has 0 bridgehead atoms. The van der Waals surface area contributed by atoms with Gasteiger partial charge in [-0.25, -0.2) is 0 Å². The van der Waals surface area contributed by atoms with E-state index in [1.807, 2.05) is 0 Å². The minimum atomic E-state index is -3.28. The molecule has 0 spiro atoms. The standard InChI is InChI=1S/C13H25N3O3S/c1-15(2)20(18,19)16-8-6-11(7-9-16)10-14-13(17)12-4-3-5-12/h11-12H,3-10H2,1-2H3,(H,14,17). The molecule has 1 saturated heterocycles. The quantitative estimate of drug-likeness (QED) is 0.800. The monoisotopic (exact) mass is 303 g/mol. The van der Waals surface area contributed by atoms with Crippen LogP contribution in [0.15, 0.2) is 0 Å². The van der Waals surface area contributed by atoms with E-state index in [4.69, 9.17) is 0 Å². The molecule has 2 fully saturated rings. The number of hydrogen-bond acceptors (Lipinski definition) is 3. The van der Waals surface area contributed by atoms with Gasteiger partial charge in [-0.2, -0.15) is 17.0 Å². The molecular weight excluding hydrogens is 278 g/mol. The van der Waals surface area contributed by atoms with Crippen molar-refractivity contribution in [2.24, 2.45) is 11.8 Å². The maximum atomic E-state index is 12.0. The van der Waals surface area contributed by atoms with Gasteiger partial charge in [0.2, 0.25) is 5.91 Å². The number of piperidine rings is 1. The van der Waals surface area contributed by atoms with Crippen molar-refractivity contribution in [1.82, 2.24) is 13.9 Å². The maximum Gasteiger partial charge on any atom is 0.281 e. The summed E-state index contributed by atoms with van der Waals surface area (Å²) in [4.78, 5) is 11.8. The van der Waals surface area contributed by atoms with Crippen LogP contribution < -0.4 is 5.32 Å². The van der Waals surface area contributed by atoms with Gasteiger partial charge in [0.1, 0.15) is 0 Å². The van der Waals surface area contributed by atoms with E-state index < -0.39 is 10.2 Å². The lowest BCUT2D eigenvalue weighted by molar-refractivity contribution is -0.127. The first-order valence-corrected chi connectivity index (χ1v) is 8.76. The lowest BCUT2D eigenvalue weighted by Crippen LogP contribution is -2.46. The van der Waals surface area contributed by atoms with Crippen LogP contribution in [0.25, 0.3) is 0 Å². The van der Waals surface area contributed by atoms with Crippen molar-refractivity contribution < 1.29 is 13.2 Å². The van der Waals surface area contributed by atoms with Gasteiger partial charge >= 0.3 is 0 Å². The first-order valence-electron chi connectivity index (χ1n) is 7.36. The molecule has 116 valence electrons. The number of nitrogens with one attached hydrogen (secondary N) is 1. The van der Waals surface area contributed by atoms with Crippen LogP contribution in [0.3, 0.4) is 0 Å². The fraction of sp³-hybridized carbons (Fsp3) is 0.923. The number of nitrogens with zero attached hydrogens (tertiary/aromatic N) is 2. The number of carbonyl (C=O) groups is 1. The molecule has 1 N–H and O–H groups in total. The molecule has 2 aliphatic rings. The zero-order valence-corrected chi connectivity index (χ0v) is 13.2. The molecule has 0 aromatic heterocycles. The molecule has 1 aliphatic carbocycles. The Morgan fingerprint density at radius 3 is 2.25 bits per heavy atom. The van der Waals surface area contributed by atoms with Crippen LogP contribution in [0.5, 0.6) is 0 Å². The van der Waals surface area contributed by atoms with Crippen LogP contribution in [0.2, 0.25) is 0 Å². The number of amides is 1. The lowest BCUT2D eigenvalue weighted by atomic mass is 9.84. The molecule has 1 heterocycles. The van der Waals surface area contributed by atoms with Crippen LogP contribution in [0.1, 0.15) is 32.1 Å². The fourth-order valence-corrected chi connectivity index (χ4v) is 3.77. The molecule has 1 aliphatic heterocycles. The summed E-state index contributed by atoms with van der Waals surface area (Å²) in [5, 5.41) is 3.01. The first kappa shape index (κ1) is 15.7. The van der Waals surface area contributed by atoms with E-state index in [-0.39, 0.29) is 11.8 Å². The highest BCUT2D eigenvalue weighted by Gasteiger charge is 2.30. The predicted molar refractivity (Wildman–Crippen MR) is 77.3 cm³/mol. The van der Waals surface area contributed by atoms with E-state index in [9.17, 15) is 13.2 Å². The smallest absolute Gasteiger partial charge is 0.281 e. The van der Waals surface area contributed by atoms with Crippen LogP contribution in [0.4, 0.5) is 0 Å². The van der Waals surface area contributed by atoms with Crippen LogP contribution >= 0.6 is 0 Å². The molecule has 7 heteroatoms.